The minimum Gasteiger partial charge on any atom is -0.490 e. The molecule has 0 saturated carbocycles. The molecule has 6 rings (SSSR count). The average Bonchev–Trinajstić information content (AvgIpc) is 3.53. The van der Waals surface area contributed by atoms with E-state index in [2.05, 4.69) is 5.32 Å². The second-order valence-corrected chi connectivity index (χ2v) is 10.3. The molecule has 1 N–H and O–H groups in total. The molecule has 3 amide bonds. The monoisotopic (exact) mass is 510 g/mol. The Balaban J connectivity index is 1.55. The molecule has 0 unspecified atom stereocenters. The van der Waals surface area contributed by atoms with Crippen LogP contribution in [0.3, 0.4) is 0 Å². The quantitative estimate of drug-likeness (QED) is 0.382. The summed E-state index contributed by atoms with van der Waals surface area (Å²) >= 11 is 6.51. The lowest BCUT2D eigenvalue weighted by Gasteiger charge is -2.37. The molecule has 4 aliphatic heterocycles. The normalized spacial score (nSPS) is 28.5. The van der Waals surface area contributed by atoms with Crippen LogP contribution in [0.15, 0.2) is 24.3 Å². The Kier molecular flexibility index (Phi) is 4.78. The highest BCUT2D eigenvalue weighted by atomic mass is 35.5. The first-order valence-corrected chi connectivity index (χ1v) is 12.1. The third-order valence-electron chi connectivity index (χ3n) is 8.13. The highest BCUT2D eigenvalue weighted by Crippen LogP contribution is 2.61. The number of ether oxygens (including phenoxy) is 1. The average molecular weight is 511 g/mol. The van der Waals surface area contributed by atoms with E-state index in [9.17, 15) is 24.5 Å². The Hall–Kier alpha value is -3.50. The van der Waals surface area contributed by atoms with E-state index in [0.29, 0.717) is 34.8 Å². The summed E-state index contributed by atoms with van der Waals surface area (Å²) in [4.78, 5) is 55.9. The first-order valence-electron chi connectivity index (χ1n) is 11.7. The highest BCUT2D eigenvalue weighted by Gasteiger charge is 2.75. The van der Waals surface area contributed by atoms with Crippen LogP contribution in [0.2, 0.25) is 5.02 Å². The largest absolute Gasteiger partial charge is 0.490 e. The zero-order valence-corrected chi connectivity index (χ0v) is 20.6. The number of hydrogen-bond donors (Lipinski definition) is 1. The van der Waals surface area contributed by atoms with Crippen LogP contribution in [0.25, 0.3) is 0 Å². The number of anilines is 2. The van der Waals surface area contributed by atoms with E-state index < -0.39 is 34.1 Å². The smallest absolute Gasteiger partial charge is 0.311 e. The Morgan fingerprint density at radius 3 is 2.61 bits per heavy atom. The van der Waals surface area contributed by atoms with Crippen LogP contribution in [0.1, 0.15) is 29.5 Å². The lowest BCUT2D eigenvalue weighted by Crippen LogP contribution is -2.54. The van der Waals surface area contributed by atoms with Gasteiger partial charge in [-0.15, -0.1) is 0 Å². The van der Waals surface area contributed by atoms with Gasteiger partial charge >= 0.3 is 5.69 Å². The van der Waals surface area contributed by atoms with Crippen molar-refractivity contribution in [1.82, 2.24) is 4.90 Å². The van der Waals surface area contributed by atoms with Crippen molar-refractivity contribution < 1.29 is 24.0 Å². The van der Waals surface area contributed by atoms with E-state index in [0.717, 1.165) is 16.9 Å². The second-order valence-electron chi connectivity index (χ2n) is 9.88. The molecule has 0 aliphatic carbocycles. The van der Waals surface area contributed by atoms with Crippen molar-refractivity contribution in [1.29, 1.82) is 0 Å². The third kappa shape index (κ3) is 2.63. The van der Waals surface area contributed by atoms with Crippen molar-refractivity contribution in [3.63, 3.8) is 0 Å². The van der Waals surface area contributed by atoms with Crippen molar-refractivity contribution in [3.8, 4) is 5.75 Å². The summed E-state index contributed by atoms with van der Waals surface area (Å²) in [6, 6.07) is 5.99. The molecule has 0 bridgehead atoms. The SMILES string of the molecule is COc1cc(N2C(=O)[C@@H]3[C@H]4CCCN4[C@@]4(C(=O)Nc5c(Cl)cc(C)cc54)[C@H]3C2=O)c(C)cc1[N+](=O)[O-]. The van der Waals surface area contributed by atoms with Crippen LogP contribution < -0.4 is 15.0 Å². The van der Waals surface area contributed by atoms with Crippen LogP contribution in [-0.2, 0) is 19.9 Å². The van der Waals surface area contributed by atoms with E-state index in [4.69, 9.17) is 16.3 Å². The Labute approximate surface area is 211 Å². The van der Waals surface area contributed by atoms with Gasteiger partial charge in [0.2, 0.25) is 11.8 Å². The first-order chi connectivity index (χ1) is 17.1. The van der Waals surface area contributed by atoms with E-state index in [1.54, 1.807) is 13.0 Å². The molecule has 2 aromatic rings. The molecule has 1 spiro atoms. The number of carbonyl (C=O) groups excluding carboxylic acids is 3. The van der Waals surface area contributed by atoms with Gasteiger partial charge in [-0.3, -0.25) is 29.4 Å². The molecule has 0 aromatic heterocycles. The number of nitro groups is 1. The number of carbonyl (C=O) groups is 3. The zero-order valence-electron chi connectivity index (χ0n) is 19.8. The summed E-state index contributed by atoms with van der Waals surface area (Å²) in [5.41, 5.74) is 0.948. The Morgan fingerprint density at radius 2 is 1.92 bits per heavy atom. The standard InChI is InChI=1S/C25H23ClN4O6/c1-11-7-13-21(14(26)8-11)27-24(33)25(13)20-19(15-5-4-6-28(15)25)22(31)29(23(20)32)16-10-18(36-3)17(30(34)35)9-12(16)2/h7-10,15,19-20H,4-6H2,1-3H3,(H,27,33)/t15-,19-,20-,25-/m1/s1. The number of aryl methyl sites for hydroxylation is 2. The van der Waals surface area contributed by atoms with E-state index in [1.807, 2.05) is 17.9 Å². The predicted octanol–water partition coefficient (Wildman–Crippen LogP) is 3.30. The van der Waals surface area contributed by atoms with Gasteiger partial charge in [0.1, 0.15) is 5.54 Å². The van der Waals surface area contributed by atoms with Gasteiger partial charge < -0.3 is 10.1 Å². The fourth-order valence-electron chi connectivity index (χ4n) is 6.84. The molecule has 186 valence electrons. The number of rotatable bonds is 3. The number of nitro benzene ring substituents is 1. The molecular weight excluding hydrogens is 488 g/mol. The van der Waals surface area contributed by atoms with Gasteiger partial charge in [-0.25, -0.2) is 4.90 Å². The lowest BCUT2D eigenvalue weighted by molar-refractivity contribution is -0.385. The number of benzene rings is 2. The molecular formula is C25H23ClN4O6. The van der Waals surface area contributed by atoms with Crippen molar-refractivity contribution in [3.05, 3.63) is 56.1 Å². The highest BCUT2D eigenvalue weighted by molar-refractivity contribution is 6.35. The topological polar surface area (TPSA) is 122 Å². The lowest BCUT2D eigenvalue weighted by atomic mass is 9.75. The second kappa shape index (κ2) is 7.50. The van der Waals surface area contributed by atoms with Crippen molar-refractivity contribution >= 4 is 46.4 Å². The molecule has 4 heterocycles. The molecule has 4 atom stereocenters. The van der Waals surface area contributed by atoms with Gasteiger partial charge in [-0.05, 0) is 50.4 Å². The van der Waals surface area contributed by atoms with Gasteiger partial charge in [0, 0.05) is 23.7 Å². The summed E-state index contributed by atoms with van der Waals surface area (Å²) < 4.78 is 5.20. The molecule has 4 aliphatic rings. The molecule has 3 saturated heterocycles. The number of halogens is 1. The number of hydrogen-bond acceptors (Lipinski definition) is 7. The maximum Gasteiger partial charge on any atom is 0.311 e. The van der Waals surface area contributed by atoms with E-state index >= 15 is 0 Å². The van der Waals surface area contributed by atoms with Crippen molar-refractivity contribution in [2.45, 2.75) is 38.3 Å². The van der Waals surface area contributed by atoms with Crippen LogP contribution in [0, 0.1) is 35.8 Å². The number of amides is 3. The summed E-state index contributed by atoms with van der Waals surface area (Å²) in [5.74, 6) is -2.99. The minimum absolute atomic E-state index is 0.0539. The number of fused-ring (bicyclic) bond motifs is 7. The molecule has 10 nitrogen and oxygen atoms in total. The zero-order chi connectivity index (χ0) is 25.7. The number of methoxy groups -OCH3 is 1. The summed E-state index contributed by atoms with van der Waals surface area (Å²) in [6.07, 6.45) is 1.48. The van der Waals surface area contributed by atoms with E-state index in [1.165, 1.54) is 19.2 Å². The number of nitrogens with zero attached hydrogens (tertiary/aromatic N) is 3. The number of nitrogens with one attached hydrogen (secondary N) is 1. The molecule has 3 fully saturated rings. The van der Waals surface area contributed by atoms with Crippen LogP contribution in [0.5, 0.6) is 5.75 Å². The van der Waals surface area contributed by atoms with Gasteiger partial charge in [-0.2, -0.15) is 0 Å². The Bertz CT molecular complexity index is 1410. The summed E-state index contributed by atoms with van der Waals surface area (Å²) in [7, 11) is 1.29. The summed E-state index contributed by atoms with van der Waals surface area (Å²) in [5, 5.41) is 14.8. The number of imide groups is 1. The maximum absolute atomic E-state index is 14.2. The van der Waals surface area contributed by atoms with Crippen LogP contribution in [0.4, 0.5) is 17.1 Å². The van der Waals surface area contributed by atoms with Gasteiger partial charge in [0.25, 0.3) is 5.91 Å². The Morgan fingerprint density at radius 1 is 1.17 bits per heavy atom. The van der Waals surface area contributed by atoms with Crippen molar-refractivity contribution in [2.75, 3.05) is 23.9 Å². The maximum atomic E-state index is 14.2. The fraction of sp³-hybridized carbons (Fsp3) is 0.400. The third-order valence-corrected chi connectivity index (χ3v) is 8.43. The van der Waals surface area contributed by atoms with Crippen LogP contribution >= 0.6 is 11.6 Å². The van der Waals surface area contributed by atoms with Gasteiger partial charge in [-0.1, -0.05) is 17.7 Å². The van der Waals surface area contributed by atoms with E-state index in [-0.39, 0.29) is 29.1 Å². The molecule has 2 aromatic carbocycles. The molecule has 11 heteroatoms. The first kappa shape index (κ1) is 22.9. The molecule has 0 radical (unpaired) electrons. The minimum atomic E-state index is -1.35. The van der Waals surface area contributed by atoms with Crippen molar-refractivity contribution in [2.24, 2.45) is 11.8 Å². The van der Waals surface area contributed by atoms with Gasteiger partial charge in [0.05, 0.1) is 40.3 Å². The molecule has 36 heavy (non-hydrogen) atoms. The predicted molar refractivity (Wildman–Crippen MR) is 130 cm³/mol. The van der Waals surface area contributed by atoms with Crippen LogP contribution in [-0.4, -0.2) is 47.2 Å². The summed E-state index contributed by atoms with van der Waals surface area (Å²) in [6.45, 7) is 4.06. The fourth-order valence-corrected chi connectivity index (χ4v) is 7.16. The van der Waals surface area contributed by atoms with Gasteiger partial charge in [0.15, 0.2) is 5.75 Å².